The van der Waals surface area contributed by atoms with Gasteiger partial charge in [0.2, 0.25) is 15.9 Å². The molecule has 1 aliphatic rings. The summed E-state index contributed by atoms with van der Waals surface area (Å²) in [6.07, 6.45) is 0. The van der Waals surface area contributed by atoms with Crippen molar-refractivity contribution >= 4 is 15.9 Å². The summed E-state index contributed by atoms with van der Waals surface area (Å²) in [6, 6.07) is 5.44. The van der Waals surface area contributed by atoms with E-state index in [1.807, 2.05) is 0 Å². The number of halogens is 1. The van der Waals surface area contributed by atoms with Crippen LogP contribution in [0.15, 0.2) is 24.3 Å². The van der Waals surface area contributed by atoms with Gasteiger partial charge in [0.05, 0.1) is 17.7 Å². The van der Waals surface area contributed by atoms with Crippen molar-refractivity contribution in [3.8, 4) is 0 Å². The molecule has 0 spiro atoms. The Balaban J connectivity index is 2.29. The minimum Gasteiger partial charge on any atom is -0.273 e. The number of amides is 1. The van der Waals surface area contributed by atoms with E-state index in [1.165, 1.54) is 24.3 Å². The normalized spacial score (nSPS) is 21.3. The average molecular weight is 271 g/mol. The van der Waals surface area contributed by atoms with Crippen LogP contribution in [0.2, 0.25) is 0 Å². The highest BCUT2D eigenvalue weighted by molar-refractivity contribution is 7.90. The molecule has 0 bridgehead atoms. The first-order valence-electron chi connectivity index (χ1n) is 5.52. The van der Waals surface area contributed by atoms with Gasteiger partial charge in [-0.15, -0.1) is 0 Å². The third-order valence-corrected chi connectivity index (χ3v) is 4.98. The van der Waals surface area contributed by atoms with Gasteiger partial charge in [-0.25, -0.2) is 17.1 Å². The monoisotopic (exact) mass is 271 g/mol. The maximum absolute atomic E-state index is 12.8. The molecule has 1 aromatic rings. The van der Waals surface area contributed by atoms with Crippen molar-refractivity contribution in [1.29, 1.82) is 0 Å². The second kappa shape index (κ2) is 4.05. The summed E-state index contributed by atoms with van der Waals surface area (Å²) < 4.78 is 37.4. The number of hydrogen-bond acceptors (Lipinski definition) is 3. The van der Waals surface area contributed by atoms with Crippen LogP contribution in [0.1, 0.15) is 19.4 Å². The second-order valence-corrected chi connectivity index (χ2v) is 6.97. The van der Waals surface area contributed by atoms with Crippen LogP contribution in [-0.2, 0) is 21.4 Å². The largest absolute Gasteiger partial charge is 0.273 e. The second-order valence-electron chi connectivity index (χ2n) is 5.08. The molecule has 6 heteroatoms. The minimum absolute atomic E-state index is 0.0368. The highest BCUT2D eigenvalue weighted by Crippen LogP contribution is 2.32. The number of benzene rings is 1. The molecule has 0 unspecified atom stereocenters. The topological polar surface area (TPSA) is 54.5 Å². The molecule has 1 aliphatic heterocycles. The van der Waals surface area contributed by atoms with Crippen LogP contribution >= 0.6 is 0 Å². The fourth-order valence-electron chi connectivity index (χ4n) is 1.99. The molecule has 1 amide bonds. The number of hydrogen-bond donors (Lipinski definition) is 0. The number of rotatable bonds is 2. The molecule has 98 valence electrons. The van der Waals surface area contributed by atoms with Gasteiger partial charge in [0.1, 0.15) is 5.82 Å². The Hall–Kier alpha value is -1.43. The lowest BCUT2D eigenvalue weighted by molar-refractivity contribution is -0.132. The van der Waals surface area contributed by atoms with E-state index in [9.17, 15) is 17.6 Å². The smallest absolute Gasteiger partial charge is 0.243 e. The van der Waals surface area contributed by atoms with Crippen molar-refractivity contribution in [1.82, 2.24) is 4.31 Å². The summed E-state index contributed by atoms with van der Waals surface area (Å²) in [6.45, 7) is 3.18. The highest BCUT2D eigenvalue weighted by Gasteiger charge is 2.48. The summed E-state index contributed by atoms with van der Waals surface area (Å²) in [7, 11) is -3.56. The van der Waals surface area contributed by atoms with Crippen molar-refractivity contribution in [3.63, 3.8) is 0 Å². The zero-order chi connectivity index (χ0) is 13.6. The summed E-state index contributed by atoms with van der Waals surface area (Å²) >= 11 is 0. The van der Waals surface area contributed by atoms with Gasteiger partial charge >= 0.3 is 0 Å². The van der Waals surface area contributed by atoms with Gasteiger partial charge < -0.3 is 0 Å². The molecule has 2 rings (SSSR count). The highest BCUT2D eigenvalue weighted by atomic mass is 32.2. The quantitative estimate of drug-likeness (QED) is 0.819. The number of carbonyl (C=O) groups is 1. The lowest BCUT2D eigenvalue weighted by Gasteiger charge is -2.17. The Bertz CT molecular complexity index is 578. The van der Waals surface area contributed by atoms with Gasteiger partial charge in [-0.3, -0.25) is 4.79 Å². The first-order valence-corrected chi connectivity index (χ1v) is 7.13. The standard InChI is InChI=1S/C12H14FNO3S/c1-12(2)8-18(16,17)14(11(12)15)7-9-3-5-10(13)6-4-9/h3-6H,7-8H2,1-2H3. The summed E-state index contributed by atoms with van der Waals surface area (Å²) in [5.41, 5.74) is -0.301. The maximum atomic E-state index is 12.8. The zero-order valence-electron chi connectivity index (χ0n) is 10.2. The van der Waals surface area contributed by atoms with Crippen LogP contribution in [0.25, 0.3) is 0 Å². The molecule has 1 fully saturated rings. The Morgan fingerprint density at radius 1 is 1.28 bits per heavy atom. The van der Waals surface area contributed by atoms with E-state index in [2.05, 4.69) is 0 Å². The third kappa shape index (κ3) is 2.25. The van der Waals surface area contributed by atoms with Crippen molar-refractivity contribution in [3.05, 3.63) is 35.6 Å². The first-order chi connectivity index (χ1) is 8.22. The van der Waals surface area contributed by atoms with E-state index in [0.29, 0.717) is 5.56 Å². The van der Waals surface area contributed by atoms with Gasteiger partial charge in [0.25, 0.3) is 0 Å². The van der Waals surface area contributed by atoms with E-state index in [-0.39, 0.29) is 12.3 Å². The predicted octanol–water partition coefficient (Wildman–Crippen LogP) is 1.52. The van der Waals surface area contributed by atoms with Gasteiger partial charge in [-0.1, -0.05) is 12.1 Å². The Labute approximate surface area is 105 Å². The summed E-state index contributed by atoms with van der Waals surface area (Å²) in [5, 5.41) is 0. The van der Waals surface area contributed by atoms with E-state index < -0.39 is 27.2 Å². The zero-order valence-corrected chi connectivity index (χ0v) is 11.0. The molecule has 1 aromatic carbocycles. The molecule has 0 aromatic heterocycles. The lowest BCUT2D eigenvalue weighted by Crippen LogP contribution is -2.32. The van der Waals surface area contributed by atoms with Crippen LogP contribution in [0.3, 0.4) is 0 Å². The third-order valence-electron chi connectivity index (χ3n) is 2.92. The lowest BCUT2D eigenvalue weighted by atomic mass is 9.95. The van der Waals surface area contributed by atoms with Crippen LogP contribution in [0.5, 0.6) is 0 Å². The van der Waals surface area contributed by atoms with Gasteiger partial charge in [0.15, 0.2) is 0 Å². The van der Waals surface area contributed by atoms with Crippen LogP contribution in [-0.4, -0.2) is 24.4 Å². The molecule has 0 radical (unpaired) electrons. The van der Waals surface area contributed by atoms with E-state index >= 15 is 0 Å². The SMILES string of the molecule is CC1(C)CS(=O)(=O)N(Cc2ccc(F)cc2)C1=O. The van der Waals surface area contributed by atoms with E-state index in [1.54, 1.807) is 13.8 Å². The van der Waals surface area contributed by atoms with Crippen LogP contribution < -0.4 is 0 Å². The fourth-order valence-corrected chi connectivity index (χ4v) is 4.02. The van der Waals surface area contributed by atoms with Crippen molar-refractivity contribution in [2.24, 2.45) is 5.41 Å². The van der Waals surface area contributed by atoms with Crippen LogP contribution in [0.4, 0.5) is 4.39 Å². The van der Waals surface area contributed by atoms with Crippen LogP contribution in [0, 0.1) is 11.2 Å². The molecule has 0 saturated carbocycles. The number of sulfonamides is 1. The molecular formula is C12H14FNO3S. The Kier molecular flexibility index (Phi) is 2.93. The minimum atomic E-state index is -3.56. The molecule has 0 N–H and O–H groups in total. The number of carbonyl (C=O) groups excluding carboxylic acids is 1. The molecule has 4 nitrogen and oxygen atoms in total. The molecule has 1 saturated heterocycles. The predicted molar refractivity (Wildman–Crippen MR) is 64.5 cm³/mol. The fraction of sp³-hybridized carbons (Fsp3) is 0.417. The summed E-state index contributed by atoms with van der Waals surface area (Å²) in [4.78, 5) is 12.0. The van der Waals surface area contributed by atoms with Crippen molar-refractivity contribution in [2.75, 3.05) is 5.75 Å². The van der Waals surface area contributed by atoms with E-state index in [4.69, 9.17) is 0 Å². The van der Waals surface area contributed by atoms with Gasteiger partial charge in [-0.05, 0) is 31.5 Å². The first kappa shape index (κ1) is 13.0. The molecule has 1 heterocycles. The molecule has 18 heavy (non-hydrogen) atoms. The Morgan fingerprint density at radius 2 is 1.83 bits per heavy atom. The van der Waals surface area contributed by atoms with E-state index in [0.717, 1.165) is 4.31 Å². The number of nitrogens with zero attached hydrogens (tertiary/aromatic N) is 1. The molecular weight excluding hydrogens is 257 g/mol. The maximum Gasteiger partial charge on any atom is 0.243 e. The van der Waals surface area contributed by atoms with Crippen molar-refractivity contribution < 1.29 is 17.6 Å². The Morgan fingerprint density at radius 3 is 2.28 bits per heavy atom. The summed E-state index contributed by atoms with van der Waals surface area (Å²) in [5.74, 6) is -0.985. The van der Waals surface area contributed by atoms with Gasteiger partial charge in [-0.2, -0.15) is 0 Å². The van der Waals surface area contributed by atoms with Gasteiger partial charge in [0, 0.05) is 0 Å². The molecule has 0 aliphatic carbocycles. The van der Waals surface area contributed by atoms with Crippen molar-refractivity contribution in [2.45, 2.75) is 20.4 Å². The molecule has 0 atom stereocenters. The average Bonchev–Trinajstić information content (AvgIpc) is 2.39.